The smallest absolute Gasteiger partial charge is 0.257 e. The summed E-state index contributed by atoms with van der Waals surface area (Å²) in [6.45, 7) is 0. The summed E-state index contributed by atoms with van der Waals surface area (Å²) in [6, 6.07) is 3.23. The van der Waals surface area contributed by atoms with E-state index in [4.69, 9.17) is 15.2 Å². The molecule has 2 N–H and O–H groups in total. The summed E-state index contributed by atoms with van der Waals surface area (Å²) in [5.41, 5.74) is 5.61. The highest BCUT2D eigenvalue weighted by molar-refractivity contribution is 5.42. The van der Waals surface area contributed by atoms with Gasteiger partial charge in [0.15, 0.2) is 0 Å². The average Bonchev–Trinajstić information content (AvgIpc) is 2.27. The number of hydrogen-bond acceptors (Lipinski definition) is 3. The lowest BCUT2D eigenvalue weighted by molar-refractivity contribution is 0.115. The van der Waals surface area contributed by atoms with Crippen LogP contribution < -0.4 is 15.2 Å². The van der Waals surface area contributed by atoms with E-state index < -0.39 is 12.5 Å². The van der Waals surface area contributed by atoms with Crippen molar-refractivity contribution in [3.05, 3.63) is 23.8 Å². The molecule has 15 heavy (non-hydrogen) atoms. The maximum atomic E-state index is 12.4. The molecule has 0 saturated carbocycles. The van der Waals surface area contributed by atoms with Gasteiger partial charge in [-0.15, -0.1) is 0 Å². The number of nitrogens with two attached hydrogens (primary N) is 1. The van der Waals surface area contributed by atoms with Gasteiger partial charge in [-0.1, -0.05) is 0 Å². The minimum atomic E-state index is -2.62. The first-order valence-corrected chi connectivity index (χ1v) is 4.35. The maximum Gasteiger partial charge on any atom is 0.257 e. The van der Waals surface area contributed by atoms with Crippen LogP contribution in [0.25, 0.3) is 0 Å². The molecule has 84 valence electrons. The highest BCUT2D eigenvalue weighted by Crippen LogP contribution is 2.30. The highest BCUT2D eigenvalue weighted by Gasteiger charge is 2.21. The molecule has 0 spiro atoms. The van der Waals surface area contributed by atoms with Crippen LogP contribution in [-0.2, 0) is 0 Å². The van der Waals surface area contributed by atoms with Crippen LogP contribution in [0.2, 0.25) is 0 Å². The van der Waals surface area contributed by atoms with E-state index in [9.17, 15) is 8.78 Å². The number of halogens is 2. The molecular weight excluding hydrogens is 204 g/mol. The summed E-state index contributed by atoms with van der Waals surface area (Å²) < 4.78 is 34.7. The predicted octanol–water partition coefficient (Wildman–Crippen LogP) is 1.97. The van der Waals surface area contributed by atoms with Crippen LogP contribution in [0, 0.1) is 0 Å². The molecule has 0 aliphatic carbocycles. The Morgan fingerprint density at radius 2 is 1.87 bits per heavy atom. The van der Waals surface area contributed by atoms with Crippen molar-refractivity contribution in [2.24, 2.45) is 5.73 Å². The molecule has 0 aliphatic heterocycles. The third kappa shape index (κ3) is 2.56. The molecule has 0 bridgehead atoms. The van der Waals surface area contributed by atoms with Crippen molar-refractivity contribution in [3.8, 4) is 11.5 Å². The number of methoxy groups -OCH3 is 2. The van der Waals surface area contributed by atoms with Crippen molar-refractivity contribution < 1.29 is 18.3 Å². The first-order chi connectivity index (χ1) is 7.10. The average molecular weight is 217 g/mol. The Hall–Kier alpha value is -1.36. The molecular formula is C10H13F2NO2. The lowest BCUT2D eigenvalue weighted by atomic mass is 10.1. The predicted molar refractivity (Wildman–Crippen MR) is 52.5 cm³/mol. The summed E-state index contributed by atoms with van der Waals surface area (Å²) in [5, 5.41) is 0. The second-order valence-electron chi connectivity index (χ2n) is 2.97. The van der Waals surface area contributed by atoms with Crippen LogP contribution in [0.4, 0.5) is 8.78 Å². The van der Waals surface area contributed by atoms with E-state index in [1.807, 2.05) is 0 Å². The summed E-state index contributed by atoms with van der Waals surface area (Å²) >= 11 is 0. The van der Waals surface area contributed by atoms with Crippen LogP contribution in [0.15, 0.2) is 18.2 Å². The minimum absolute atomic E-state index is 0.272. The zero-order chi connectivity index (χ0) is 11.4. The minimum Gasteiger partial charge on any atom is -0.497 e. The van der Waals surface area contributed by atoms with Gasteiger partial charge in [0.1, 0.15) is 11.5 Å². The van der Waals surface area contributed by atoms with Gasteiger partial charge >= 0.3 is 0 Å². The zero-order valence-electron chi connectivity index (χ0n) is 8.54. The lowest BCUT2D eigenvalue weighted by Gasteiger charge is -2.15. The van der Waals surface area contributed by atoms with E-state index in [0.29, 0.717) is 11.5 Å². The van der Waals surface area contributed by atoms with Gasteiger partial charge in [-0.05, 0) is 12.1 Å². The Balaban J connectivity index is 3.07. The standard InChI is InChI=1S/C10H13F2NO2/c1-14-6-3-4-7(8(5-6)15-2)9(13)10(11)12/h3-5,9-10H,13H2,1-2H3/t9-/m0/s1. The Labute approximate surface area is 86.8 Å². The SMILES string of the molecule is COc1ccc([C@H](N)C(F)F)c(OC)c1. The topological polar surface area (TPSA) is 44.5 Å². The Bertz CT molecular complexity index is 331. The van der Waals surface area contributed by atoms with Crippen LogP contribution in [0.3, 0.4) is 0 Å². The van der Waals surface area contributed by atoms with Gasteiger partial charge in [0.25, 0.3) is 6.43 Å². The summed E-state index contributed by atoms with van der Waals surface area (Å²) in [4.78, 5) is 0. The fourth-order valence-electron chi connectivity index (χ4n) is 1.23. The van der Waals surface area contributed by atoms with Gasteiger partial charge in [-0.25, -0.2) is 8.78 Å². The molecule has 1 rings (SSSR count). The number of hydrogen-bond donors (Lipinski definition) is 1. The third-order valence-electron chi connectivity index (χ3n) is 2.07. The summed E-state index contributed by atoms with van der Waals surface area (Å²) in [7, 11) is 2.89. The van der Waals surface area contributed by atoms with Gasteiger partial charge in [-0.3, -0.25) is 0 Å². The molecule has 1 aromatic carbocycles. The number of ether oxygens (including phenoxy) is 2. The normalized spacial score (nSPS) is 12.7. The summed E-state index contributed by atoms with van der Waals surface area (Å²) in [6.07, 6.45) is -2.62. The Morgan fingerprint density at radius 1 is 1.20 bits per heavy atom. The Morgan fingerprint density at radius 3 is 2.33 bits per heavy atom. The van der Waals surface area contributed by atoms with Crippen molar-refractivity contribution in [3.63, 3.8) is 0 Å². The molecule has 3 nitrogen and oxygen atoms in total. The monoisotopic (exact) mass is 217 g/mol. The number of benzene rings is 1. The highest BCUT2D eigenvalue weighted by atomic mass is 19.3. The van der Waals surface area contributed by atoms with E-state index >= 15 is 0 Å². The van der Waals surface area contributed by atoms with Crippen LogP contribution in [-0.4, -0.2) is 20.6 Å². The molecule has 1 atom stereocenters. The van der Waals surface area contributed by atoms with E-state index in [-0.39, 0.29) is 5.56 Å². The molecule has 0 saturated heterocycles. The van der Waals surface area contributed by atoms with E-state index in [1.54, 1.807) is 6.07 Å². The van der Waals surface area contributed by atoms with Crippen LogP contribution in [0.1, 0.15) is 11.6 Å². The number of rotatable bonds is 4. The molecule has 0 amide bonds. The fourth-order valence-corrected chi connectivity index (χ4v) is 1.23. The molecule has 0 aromatic heterocycles. The number of alkyl halides is 2. The molecule has 0 fully saturated rings. The molecule has 5 heteroatoms. The van der Waals surface area contributed by atoms with Crippen molar-refractivity contribution in [2.45, 2.75) is 12.5 Å². The van der Waals surface area contributed by atoms with Gasteiger partial charge in [0.05, 0.1) is 20.3 Å². The van der Waals surface area contributed by atoms with E-state index in [0.717, 1.165) is 0 Å². The molecule has 0 unspecified atom stereocenters. The first kappa shape index (κ1) is 11.7. The molecule has 0 radical (unpaired) electrons. The lowest BCUT2D eigenvalue weighted by Crippen LogP contribution is -2.19. The second kappa shape index (κ2) is 4.93. The summed E-state index contributed by atoms with van der Waals surface area (Å²) in [5.74, 6) is 0.846. The fraction of sp³-hybridized carbons (Fsp3) is 0.400. The Kier molecular flexibility index (Phi) is 3.85. The van der Waals surface area contributed by atoms with Crippen molar-refractivity contribution in [1.82, 2.24) is 0 Å². The van der Waals surface area contributed by atoms with Crippen molar-refractivity contribution >= 4 is 0 Å². The maximum absolute atomic E-state index is 12.4. The van der Waals surface area contributed by atoms with Crippen LogP contribution >= 0.6 is 0 Å². The van der Waals surface area contributed by atoms with Crippen LogP contribution in [0.5, 0.6) is 11.5 Å². The molecule has 0 heterocycles. The zero-order valence-corrected chi connectivity index (χ0v) is 8.54. The quantitative estimate of drug-likeness (QED) is 0.838. The molecule has 0 aliphatic rings. The third-order valence-corrected chi connectivity index (χ3v) is 2.07. The first-order valence-electron chi connectivity index (χ1n) is 4.35. The van der Waals surface area contributed by atoms with E-state index in [2.05, 4.69) is 0 Å². The van der Waals surface area contributed by atoms with Gasteiger partial charge < -0.3 is 15.2 Å². The van der Waals surface area contributed by atoms with Gasteiger partial charge in [0.2, 0.25) is 0 Å². The van der Waals surface area contributed by atoms with E-state index in [1.165, 1.54) is 26.4 Å². The van der Waals surface area contributed by atoms with Gasteiger partial charge in [-0.2, -0.15) is 0 Å². The van der Waals surface area contributed by atoms with Crippen molar-refractivity contribution in [2.75, 3.05) is 14.2 Å². The van der Waals surface area contributed by atoms with Gasteiger partial charge in [0, 0.05) is 11.6 Å². The second-order valence-corrected chi connectivity index (χ2v) is 2.97. The largest absolute Gasteiger partial charge is 0.497 e. The molecule has 1 aromatic rings. The van der Waals surface area contributed by atoms with Crippen molar-refractivity contribution in [1.29, 1.82) is 0 Å².